The number of urea groups is 1. The van der Waals surface area contributed by atoms with E-state index in [9.17, 15) is 9.59 Å². The number of nitrogens with one attached hydrogen (secondary N) is 2. The van der Waals surface area contributed by atoms with E-state index in [-0.39, 0.29) is 12.6 Å². The minimum absolute atomic E-state index is 0.195. The standard InChI is InChI=1S/C16H22N2O3/c1-11(2)13-5-3-12(4-6-13)9-17-15(21)18-10-16(7-8-16)14(19)20/h3-6,11H,7-10H2,1-2H3,(H,19,20)(H2,17,18,21). The lowest BCUT2D eigenvalue weighted by Gasteiger charge is -2.12. The van der Waals surface area contributed by atoms with Gasteiger partial charge in [0.15, 0.2) is 0 Å². The highest BCUT2D eigenvalue weighted by molar-refractivity contribution is 5.80. The van der Waals surface area contributed by atoms with E-state index >= 15 is 0 Å². The maximum Gasteiger partial charge on any atom is 0.315 e. The first kappa shape index (κ1) is 15.4. The third-order valence-electron chi connectivity index (χ3n) is 3.99. The average Bonchev–Trinajstić information content (AvgIpc) is 3.24. The molecule has 2 amide bonds. The Labute approximate surface area is 124 Å². The van der Waals surface area contributed by atoms with E-state index in [4.69, 9.17) is 5.11 Å². The third-order valence-corrected chi connectivity index (χ3v) is 3.99. The number of hydrogen-bond donors (Lipinski definition) is 3. The van der Waals surface area contributed by atoms with E-state index in [0.29, 0.717) is 25.3 Å². The third kappa shape index (κ3) is 3.97. The van der Waals surface area contributed by atoms with E-state index < -0.39 is 11.4 Å². The van der Waals surface area contributed by atoms with Crippen molar-refractivity contribution < 1.29 is 14.7 Å². The molecule has 1 aliphatic rings. The Kier molecular flexibility index (Phi) is 4.50. The van der Waals surface area contributed by atoms with Gasteiger partial charge in [-0.1, -0.05) is 38.1 Å². The molecule has 0 aromatic heterocycles. The van der Waals surface area contributed by atoms with Crippen LogP contribution in [0.4, 0.5) is 4.79 Å². The number of carbonyl (C=O) groups is 2. The predicted molar refractivity (Wildman–Crippen MR) is 80.1 cm³/mol. The van der Waals surface area contributed by atoms with Gasteiger partial charge in [-0.05, 0) is 29.9 Å². The van der Waals surface area contributed by atoms with Gasteiger partial charge in [-0.25, -0.2) is 4.79 Å². The molecule has 0 spiro atoms. The molecule has 5 nitrogen and oxygen atoms in total. The SMILES string of the molecule is CC(C)c1ccc(CNC(=O)NCC2(C(=O)O)CC2)cc1. The van der Waals surface area contributed by atoms with Gasteiger partial charge in [-0.15, -0.1) is 0 Å². The highest BCUT2D eigenvalue weighted by Crippen LogP contribution is 2.45. The van der Waals surface area contributed by atoms with Crippen molar-refractivity contribution in [3.8, 4) is 0 Å². The van der Waals surface area contributed by atoms with Crippen LogP contribution in [0.2, 0.25) is 0 Å². The van der Waals surface area contributed by atoms with Crippen molar-refractivity contribution in [3.05, 3.63) is 35.4 Å². The molecule has 0 saturated heterocycles. The van der Waals surface area contributed by atoms with Crippen molar-refractivity contribution in [2.75, 3.05) is 6.54 Å². The van der Waals surface area contributed by atoms with Crippen LogP contribution in [-0.2, 0) is 11.3 Å². The van der Waals surface area contributed by atoms with Crippen molar-refractivity contribution in [2.24, 2.45) is 5.41 Å². The predicted octanol–water partition coefficient (Wildman–Crippen LogP) is 2.47. The quantitative estimate of drug-likeness (QED) is 0.753. The lowest BCUT2D eigenvalue weighted by Crippen LogP contribution is -2.40. The van der Waals surface area contributed by atoms with Gasteiger partial charge in [-0.2, -0.15) is 0 Å². The number of carbonyl (C=O) groups excluding carboxylic acids is 1. The number of hydrogen-bond acceptors (Lipinski definition) is 2. The largest absolute Gasteiger partial charge is 0.481 e. The smallest absolute Gasteiger partial charge is 0.315 e. The molecule has 2 rings (SSSR count). The lowest BCUT2D eigenvalue weighted by molar-refractivity contribution is -0.143. The maximum atomic E-state index is 11.7. The highest BCUT2D eigenvalue weighted by Gasteiger charge is 2.50. The average molecular weight is 290 g/mol. The van der Waals surface area contributed by atoms with Crippen molar-refractivity contribution in [3.63, 3.8) is 0 Å². The normalized spacial score (nSPS) is 15.6. The second-order valence-electron chi connectivity index (χ2n) is 6.02. The van der Waals surface area contributed by atoms with E-state index in [0.717, 1.165) is 5.56 Å². The summed E-state index contributed by atoms with van der Waals surface area (Å²) in [6.45, 7) is 4.90. The number of carboxylic acids is 1. The minimum Gasteiger partial charge on any atom is -0.481 e. The van der Waals surface area contributed by atoms with E-state index in [1.54, 1.807) is 0 Å². The Hall–Kier alpha value is -2.04. The fraction of sp³-hybridized carbons (Fsp3) is 0.500. The van der Waals surface area contributed by atoms with E-state index in [1.165, 1.54) is 5.56 Å². The molecule has 114 valence electrons. The zero-order chi connectivity index (χ0) is 15.5. The summed E-state index contributed by atoms with van der Waals surface area (Å²) in [5.41, 5.74) is 1.56. The molecule has 0 heterocycles. The topological polar surface area (TPSA) is 78.4 Å². The molecule has 1 aromatic rings. The van der Waals surface area contributed by atoms with Crippen LogP contribution in [0.25, 0.3) is 0 Å². The Morgan fingerprint density at radius 1 is 1.19 bits per heavy atom. The van der Waals surface area contributed by atoms with Gasteiger partial charge in [0.05, 0.1) is 5.41 Å². The first-order valence-electron chi connectivity index (χ1n) is 7.27. The lowest BCUT2D eigenvalue weighted by atomic mass is 10.0. The van der Waals surface area contributed by atoms with Crippen LogP contribution >= 0.6 is 0 Å². The number of carboxylic acid groups (broad SMARTS) is 1. The summed E-state index contributed by atoms with van der Waals surface area (Å²) < 4.78 is 0. The van der Waals surface area contributed by atoms with Gasteiger partial charge in [0.1, 0.15) is 0 Å². The molecule has 0 radical (unpaired) electrons. The van der Waals surface area contributed by atoms with E-state index in [2.05, 4.69) is 36.6 Å². The van der Waals surface area contributed by atoms with Crippen molar-refractivity contribution in [1.82, 2.24) is 10.6 Å². The van der Waals surface area contributed by atoms with Gasteiger partial charge in [-0.3, -0.25) is 4.79 Å². The molecule has 1 saturated carbocycles. The number of aliphatic carboxylic acids is 1. The zero-order valence-electron chi connectivity index (χ0n) is 12.5. The Bertz CT molecular complexity index is 519. The van der Waals surface area contributed by atoms with Gasteiger partial charge >= 0.3 is 12.0 Å². The second kappa shape index (κ2) is 6.16. The summed E-state index contributed by atoms with van der Waals surface area (Å²) in [4.78, 5) is 22.7. The molecule has 21 heavy (non-hydrogen) atoms. The fourth-order valence-electron chi connectivity index (χ4n) is 2.13. The van der Waals surface area contributed by atoms with Gasteiger partial charge in [0, 0.05) is 13.1 Å². The molecule has 1 aromatic carbocycles. The molecular formula is C16H22N2O3. The summed E-state index contributed by atoms with van der Waals surface area (Å²) in [5.74, 6) is -0.340. The number of amides is 2. The molecule has 1 aliphatic carbocycles. The molecule has 3 N–H and O–H groups in total. The fourth-order valence-corrected chi connectivity index (χ4v) is 2.13. The molecule has 1 fully saturated rings. The molecule has 0 unspecified atom stereocenters. The van der Waals surface area contributed by atoms with Crippen molar-refractivity contribution in [2.45, 2.75) is 39.2 Å². The monoisotopic (exact) mass is 290 g/mol. The molecule has 5 heteroatoms. The summed E-state index contributed by atoms with van der Waals surface area (Å²) in [6, 6.07) is 7.78. The van der Waals surface area contributed by atoms with Gasteiger partial charge in [0.25, 0.3) is 0 Å². The molecule has 0 atom stereocenters. The summed E-state index contributed by atoms with van der Waals surface area (Å²) >= 11 is 0. The van der Waals surface area contributed by atoms with Crippen molar-refractivity contribution in [1.29, 1.82) is 0 Å². The van der Waals surface area contributed by atoms with Gasteiger partial charge in [0.2, 0.25) is 0 Å². The maximum absolute atomic E-state index is 11.7. The zero-order valence-corrected chi connectivity index (χ0v) is 12.5. The highest BCUT2D eigenvalue weighted by atomic mass is 16.4. The molecule has 0 aliphatic heterocycles. The first-order valence-corrected chi connectivity index (χ1v) is 7.27. The van der Waals surface area contributed by atoms with Crippen LogP contribution in [0.1, 0.15) is 43.7 Å². The Balaban J connectivity index is 1.75. The van der Waals surface area contributed by atoms with Crippen LogP contribution < -0.4 is 10.6 Å². The second-order valence-corrected chi connectivity index (χ2v) is 6.02. The van der Waals surface area contributed by atoms with Crippen LogP contribution in [0, 0.1) is 5.41 Å². The summed E-state index contributed by atoms with van der Waals surface area (Å²) in [6.07, 6.45) is 1.28. The van der Waals surface area contributed by atoms with Crippen LogP contribution in [0.3, 0.4) is 0 Å². The van der Waals surface area contributed by atoms with Crippen LogP contribution in [0.5, 0.6) is 0 Å². The summed E-state index contributed by atoms with van der Waals surface area (Å²) in [5, 5.41) is 14.4. The van der Waals surface area contributed by atoms with Crippen LogP contribution in [0.15, 0.2) is 24.3 Å². The van der Waals surface area contributed by atoms with Crippen molar-refractivity contribution >= 4 is 12.0 Å². The van der Waals surface area contributed by atoms with Crippen LogP contribution in [-0.4, -0.2) is 23.7 Å². The molecule has 0 bridgehead atoms. The molecular weight excluding hydrogens is 268 g/mol. The first-order chi connectivity index (χ1) is 9.93. The number of benzene rings is 1. The Morgan fingerprint density at radius 3 is 2.29 bits per heavy atom. The Morgan fingerprint density at radius 2 is 1.81 bits per heavy atom. The van der Waals surface area contributed by atoms with Gasteiger partial charge < -0.3 is 15.7 Å². The number of rotatable bonds is 6. The minimum atomic E-state index is -0.827. The van der Waals surface area contributed by atoms with E-state index in [1.807, 2.05) is 12.1 Å². The summed E-state index contributed by atoms with van der Waals surface area (Å²) in [7, 11) is 0.